The summed E-state index contributed by atoms with van der Waals surface area (Å²) in [6, 6.07) is 0. The highest BCUT2D eigenvalue weighted by Crippen LogP contribution is 2.08. The van der Waals surface area contributed by atoms with Gasteiger partial charge >= 0.3 is 0 Å². The van der Waals surface area contributed by atoms with Crippen LogP contribution in [-0.2, 0) is 0 Å². The van der Waals surface area contributed by atoms with Gasteiger partial charge < -0.3 is 0 Å². The molecule has 0 saturated carbocycles. The minimum absolute atomic E-state index is 1.23. The Labute approximate surface area is 129 Å². The van der Waals surface area contributed by atoms with E-state index >= 15 is 0 Å². The summed E-state index contributed by atoms with van der Waals surface area (Å²) >= 11 is 0. The van der Waals surface area contributed by atoms with Gasteiger partial charge in [-0.25, -0.2) is 0 Å². The maximum absolute atomic E-state index is 3.87. The molecular weight excluding hydrogens is 240 g/mol. The molecule has 0 atom stereocenters. The first-order valence-corrected chi connectivity index (χ1v) is 8.98. The molecule has 0 spiro atoms. The molecular formula is C20H40. The Balaban J connectivity index is 0. The standard InChI is InChI=1S/2C10H20/c1-4-5-6-7-8-9-10(2)3;1-3-5-7-9-10-8-6-4-2/h2,4-9H2,1,3H3;9-10H,3-8H2,1-2H3/b;10-9+. The Kier molecular flexibility index (Phi) is 22.6. The molecule has 0 aromatic rings. The molecule has 0 nitrogen and oxygen atoms in total. The van der Waals surface area contributed by atoms with Crippen molar-refractivity contribution in [3.05, 3.63) is 24.3 Å². The fourth-order valence-electron chi connectivity index (χ4n) is 1.91. The Bertz CT molecular complexity index is 190. The number of rotatable bonds is 12. The molecule has 0 aliphatic carbocycles. The van der Waals surface area contributed by atoms with Gasteiger partial charge in [0.15, 0.2) is 0 Å². The van der Waals surface area contributed by atoms with Crippen molar-refractivity contribution in [2.75, 3.05) is 0 Å². The van der Waals surface area contributed by atoms with E-state index in [0.29, 0.717) is 0 Å². The third-order valence-electron chi connectivity index (χ3n) is 3.32. The SMILES string of the molecule is C=C(C)CCCCCCC.CCCC/C=C/CCCC. The van der Waals surface area contributed by atoms with Crippen LogP contribution in [0, 0.1) is 0 Å². The third-order valence-corrected chi connectivity index (χ3v) is 3.32. The second-order valence-corrected chi connectivity index (χ2v) is 5.88. The molecule has 0 saturated heterocycles. The van der Waals surface area contributed by atoms with E-state index in [-0.39, 0.29) is 0 Å². The number of unbranched alkanes of at least 4 members (excludes halogenated alkanes) is 8. The molecule has 0 aliphatic heterocycles. The first-order chi connectivity index (χ1) is 9.68. The van der Waals surface area contributed by atoms with E-state index in [4.69, 9.17) is 0 Å². The van der Waals surface area contributed by atoms with Gasteiger partial charge in [0.2, 0.25) is 0 Å². The van der Waals surface area contributed by atoms with E-state index in [1.54, 1.807) is 0 Å². The van der Waals surface area contributed by atoms with Gasteiger partial charge in [0.05, 0.1) is 0 Å². The van der Waals surface area contributed by atoms with Crippen molar-refractivity contribution >= 4 is 0 Å². The highest BCUT2D eigenvalue weighted by atomic mass is 13.9. The summed E-state index contributed by atoms with van der Waals surface area (Å²) in [4.78, 5) is 0. The van der Waals surface area contributed by atoms with Crippen molar-refractivity contribution in [1.82, 2.24) is 0 Å². The molecule has 0 radical (unpaired) electrons. The third kappa shape index (κ3) is 26.1. The number of hydrogen-bond acceptors (Lipinski definition) is 0. The molecule has 20 heavy (non-hydrogen) atoms. The van der Waals surface area contributed by atoms with Crippen molar-refractivity contribution in [2.24, 2.45) is 0 Å². The lowest BCUT2D eigenvalue weighted by Crippen LogP contribution is -1.78. The zero-order valence-electron chi connectivity index (χ0n) is 14.8. The zero-order chi connectivity index (χ0) is 15.5. The lowest BCUT2D eigenvalue weighted by molar-refractivity contribution is 0.631. The predicted molar refractivity (Wildman–Crippen MR) is 96.4 cm³/mol. The number of allylic oxidation sites excluding steroid dienone is 3. The summed E-state index contributed by atoms with van der Waals surface area (Å²) < 4.78 is 0. The van der Waals surface area contributed by atoms with Gasteiger partial charge in [-0.3, -0.25) is 0 Å². The summed E-state index contributed by atoms with van der Waals surface area (Å²) in [6.45, 7) is 12.7. The maximum atomic E-state index is 3.87. The monoisotopic (exact) mass is 280 g/mol. The van der Waals surface area contributed by atoms with Gasteiger partial charge in [0.25, 0.3) is 0 Å². The van der Waals surface area contributed by atoms with Gasteiger partial charge in [-0.1, -0.05) is 89.9 Å². The Morgan fingerprint density at radius 1 is 0.700 bits per heavy atom. The van der Waals surface area contributed by atoms with E-state index in [1.807, 2.05) is 0 Å². The van der Waals surface area contributed by atoms with Crippen LogP contribution in [0.3, 0.4) is 0 Å². The maximum Gasteiger partial charge on any atom is -0.0326 e. The summed E-state index contributed by atoms with van der Waals surface area (Å²) in [7, 11) is 0. The molecule has 0 rings (SSSR count). The average molecular weight is 281 g/mol. The van der Waals surface area contributed by atoms with E-state index in [0.717, 1.165) is 0 Å². The van der Waals surface area contributed by atoms with Crippen LogP contribution in [0.5, 0.6) is 0 Å². The largest absolute Gasteiger partial charge is 0.100 e. The van der Waals surface area contributed by atoms with Crippen LogP contribution in [0.2, 0.25) is 0 Å². The molecule has 0 heteroatoms. The van der Waals surface area contributed by atoms with Crippen molar-refractivity contribution in [3.8, 4) is 0 Å². The fourth-order valence-corrected chi connectivity index (χ4v) is 1.91. The second kappa shape index (κ2) is 20.8. The van der Waals surface area contributed by atoms with Crippen LogP contribution in [0.25, 0.3) is 0 Å². The van der Waals surface area contributed by atoms with Crippen molar-refractivity contribution < 1.29 is 0 Å². The normalized spacial score (nSPS) is 10.4. The Hall–Kier alpha value is -0.520. The average Bonchev–Trinajstić information content (AvgIpc) is 2.43. The molecule has 0 fully saturated rings. The Morgan fingerprint density at radius 2 is 1.15 bits per heavy atom. The molecule has 0 heterocycles. The minimum Gasteiger partial charge on any atom is -0.100 e. The van der Waals surface area contributed by atoms with Crippen molar-refractivity contribution in [2.45, 2.75) is 105 Å². The lowest BCUT2D eigenvalue weighted by atomic mass is 10.1. The van der Waals surface area contributed by atoms with Crippen LogP contribution in [0.1, 0.15) is 105 Å². The second-order valence-electron chi connectivity index (χ2n) is 5.88. The van der Waals surface area contributed by atoms with E-state index in [1.165, 1.54) is 82.6 Å². The summed E-state index contributed by atoms with van der Waals surface area (Å²) in [5.41, 5.74) is 1.33. The molecule has 0 bridgehead atoms. The van der Waals surface area contributed by atoms with Crippen LogP contribution < -0.4 is 0 Å². The van der Waals surface area contributed by atoms with Crippen LogP contribution >= 0.6 is 0 Å². The first kappa shape index (κ1) is 21.8. The van der Waals surface area contributed by atoms with Gasteiger partial charge in [0, 0.05) is 0 Å². The van der Waals surface area contributed by atoms with E-state index in [9.17, 15) is 0 Å². The highest BCUT2D eigenvalue weighted by molar-refractivity contribution is 4.86. The quantitative estimate of drug-likeness (QED) is 0.252. The lowest BCUT2D eigenvalue weighted by Gasteiger charge is -1.98. The van der Waals surface area contributed by atoms with E-state index in [2.05, 4.69) is 46.4 Å². The molecule has 0 aliphatic rings. The molecule has 0 aromatic heterocycles. The van der Waals surface area contributed by atoms with Crippen LogP contribution in [0.15, 0.2) is 24.3 Å². The van der Waals surface area contributed by atoms with Gasteiger partial charge in [-0.05, 0) is 32.6 Å². The minimum atomic E-state index is 1.23. The van der Waals surface area contributed by atoms with Gasteiger partial charge in [-0.2, -0.15) is 0 Å². The topological polar surface area (TPSA) is 0 Å². The zero-order valence-corrected chi connectivity index (χ0v) is 14.8. The van der Waals surface area contributed by atoms with Crippen LogP contribution in [-0.4, -0.2) is 0 Å². The molecule has 0 amide bonds. The first-order valence-electron chi connectivity index (χ1n) is 8.98. The van der Waals surface area contributed by atoms with Crippen molar-refractivity contribution in [1.29, 1.82) is 0 Å². The summed E-state index contributed by atoms with van der Waals surface area (Å²) in [5, 5.41) is 0. The summed E-state index contributed by atoms with van der Waals surface area (Å²) in [6.07, 6.45) is 20.6. The number of hydrogen-bond donors (Lipinski definition) is 0. The van der Waals surface area contributed by atoms with Crippen molar-refractivity contribution in [3.63, 3.8) is 0 Å². The fraction of sp³-hybridized carbons (Fsp3) is 0.800. The van der Waals surface area contributed by atoms with Gasteiger partial charge in [-0.15, -0.1) is 6.58 Å². The molecule has 0 unspecified atom stereocenters. The van der Waals surface area contributed by atoms with Crippen LogP contribution in [0.4, 0.5) is 0 Å². The predicted octanol–water partition coefficient (Wildman–Crippen LogP) is 7.85. The molecule has 0 N–H and O–H groups in total. The summed E-state index contributed by atoms with van der Waals surface area (Å²) in [5.74, 6) is 0. The molecule has 0 aromatic carbocycles. The Morgan fingerprint density at radius 3 is 1.55 bits per heavy atom. The van der Waals surface area contributed by atoms with E-state index < -0.39 is 0 Å². The smallest absolute Gasteiger partial charge is 0.0326 e. The molecule has 120 valence electrons. The highest BCUT2D eigenvalue weighted by Gasteiger charge is 1.88. The van der Waals surface area contributed by atoms with Gasteiger partial charge in [0.1, 0.15) is 0 Å².